The summed E-state index contributed by atoms with van der Waals surface area (Å²) in [5.41, 5.74) is 0. The number of rotatable bonds is 15. The summed E-state index contributed by atoms with van der Waals surface area (Å²) < 4.78 is 134. The van der Waals surface area contributed by atoms with E-state index in [0.717, 1.165) is 0 Å². The molecule has 0 amide bonds. The van der Waals surface area contributed by atoms with Gasteiger partial charge in [0, 0.05) is 0 Å². The zero-order valence-electron chi connectivity index (χ0n) is 17.2. The van der Waals surface area contributed by atoms with Crippen molar-refractivity contribution < 1.29 is 53.5 Å². The minimum absolute atomic E-state index is 0.0775. The molecule has 0 rings (SSSR count). The number of halogens is 9. The van der Waals surface area contributed by atoms with Gasteiger partial charge in [-0.15, -0.1) is 0 Å². The van der Waals surface area contributed by atoms with E-state index < -0.39 is 80.6 Å². The maximum atomic E-state index is 13.8. The van der Waals surface area contributed by atoms with Gasteiger partial charge in [0.1, 0.15) is 0 Å². The molecule has 13 heteroatoms. The summed E-state index contributed by atoms with van der Waals surface area (Å²) in [6.07, 6.45) is -8.81. The van der Waals surface area contributed by atoms with Crippen LogP contribution in [0.25, 0.3) is 0 Å². The van der Waals surface area contributed by atoms with Crippen molar-refractivity contribution in [3.63, 3.8) is 0 Å². The van der Waals surface area contributed by atoms with Crippen LogP contribution in [-0.2, 0) is 14.0 Å². The van der Waals surface area contributed by atoms with Gasteiger partial charge >= 0.3 is 7.32 Å². The highest BCUT2D eigenvalue weighted by Crippen LogP contribution is 2.27. The maximum absolute atomic E-state index is 13.8. The van der Waals surface area contributed by atoms with Gasteiger partial charge in [-0.25, -0.2) is 26.3 Å². The molecule has 0 aliphatic rings. The van der Waals surface area contributed by atoms with E-state index in [4.69, 9.17) is 0 Å². The fourth-order valence-corrected chi connectivity index (χ4v) is 2.00. The Morgan fingerprint density at radius 3 is 0.968 bits per heavy atom. The molecule has 3 atom stereocenters. The van der Waals surface area contributed by atoms with Crippen molar-refractivity contribution in [2.45, 2.75) is 77.8 Å². The molecule has 3 unspecified atom stereocenters. The van der Waals surface area contributed by atoms with Gasteiger partial charge in [-0.2, -0.15) is 13.2 Å². The normalized spacial score (nSPS) is 17.0. The van der Waals surface area contributed by atoms with Crippen LogP contribution in [0.3, 0.4) is 0 Å². The van der Waals surface area contributed by atoms with Crippen molar-refractivity contribution in [2.75, 3.05) is 0 Å². The van der Waals surface area contributed by atoms with Crippen molar-refractivity contribution in [3.05, 3.63) is 35.5 Å². The average molecular weight is 470 g/mol. The van der Waals surface area contributed by atoms with Gasteiger partial charge in [0.05, 0.1) is 0 Å². The lowest BCUT2D eigenvalue weighted by atomic mass is 10.2. The van der Waals surface area contributed by atoms with E-state index in [1.54, 1.807) is 0 Å². The molecule has 0 aromatic rings. The third-order valence-corrected chi connectivity index (χ3v) is 3.61. The van der Waals surface area contributed by atoms with Crippen LogP contribution in [-0.4, -0.2) is 25.8 Å². The highest BCUT2D eigenvalue weighted by molar-refractivity contribution is 6.37. The predicted molar refractivity (Wildman–Crippen MR) is 96.1 cm³/mol. The lowest BCUT2D eigenvalue weighted by Gasteiger charge is -2.15. The third kappa shape index (κ3) is 10.3. The molecule has 0 aromatic carbocycles. The van der Waals surface area contributed by atoms with Gasteiger partial charge < -0.3 is 14.0 Å². The smallest absolute Gasteiger partial charge is 0.465 e. The van der Waals surface area contributed by atoms with Crippen molar-refractivity contribution in [3.8, 4) is 0 Å². The van der Waals surface area contributed by atoms with Gasteiger partial charge in [0.2, 0.25) is 17.5 Å². The summed E-state index contributed by atoms with van der Waals surface area (Å²) >= 11 is 0. The van der Waals surface area contributed by atoms with Gasteiger partial charge in [-0.3, -0.25) is 0 Å². The third-order valence-electron chi connectivity index (χ3n) is 3.61. The van der Waals surface area contributed by atoms with Crippen LogP contribution in [0.5, 0.6) is 0 Å². The van der Waals surface area contributed by atoms with Crippen LogP contribution in [0.15, 0.2) is 35.5 Å². The molecule has 0 saturated heterocycles. The molecule has 0 N–H and O–H groups in total. The van der Waals surface area contributed by atoms with E-state index in [2.05, 4.69) is 14.0 Å². The molecule has 0 aliphatic carbocycles. The van der Waals surface area contributed by atoms with Crippen LogP contribution in [0.4, 0.5) is 39.5 Å². The minimum atomic E-state index is -3.13. The zero-order valence-corrected chi connectivity index (χ0v) is 17.2. The van der Waals surface area contributed by atoms with E-state index in [0.29, 0.717) is 0 Å². The topological polar surface area (TPSA) is 27.7 Å². The Labute approximate surface area is 175 Å². The monoisotopic (exact) mass is 470 g/mol. The molecule has 0 saturated carbocycles. The Kier molecular flexibility index (Phi) is 14.0. The molecular weight excluding hydrogens is 446 g/mol. The Balaban J connectivity index is 5.79. The lowest BCUT2D eigenvalue weighted by molar-refractivity contribution is 0.0884. The Bertz CT molecular complexity index is 557. The van der Waals surface area contributed by atoms with E-state index in [9.17, 15) is 39.5 Å². The van der Waals surface area contributed by atoms with Crippen molar-refractivity contribution in [1.82, 2.24) is 0 Å². The summed E-state index contributed by atoms with van der Waals surface area (Å²) in [5.74, 6) is -6.47. The first kappa shape index (κ1) is 29.1. The molecule has 0 bridgehead atoms. The second kappa shape index (κ2) is 15.0. The van der Waals surface area contributed by atoms with Crippen molar-refractivity contribution >= 4 is 7.32 Å². The molecule has 0 heterocycles. The first-order chi connectivity index (χ1) is 14.5. The molecule has 31 heavy (non-hydrogen) atoms. The summed E-state index contributed by atoms with van der Waals surface area (Å²) in [4.78, 5) is 0. The van der Waals surface area contributed by atoms with Crippen LogP contribution in [0.2, 0.25) is 0 Å². The van der Waals surface area contributed by atoms with Gasteiger partial charge in [-0.05, 0) is 19.3 Å². The summed E-state index contributed by atoms with van der Waals surface area (Å²) in [5, 5.41) is 0. The summed E-state index contributed by atoms with van der Waals surface area (Å²) in [7, 11) is -3.13. The summed E-state index contributed by atoms with van der Waals surface area (Å²) in [6, 6.07) is -7.24. The van der Waals surface area contributed by atoms with Gasteiger partial charge in [0.25, 0.3) is 18.0 Å². The Hall–Kier alpha value is -1.95. The number of hydrogen-bond donors (Lipinski definition) is 0. The van der Waals surface area contributed by atoms with Crippen LogP contribution >= 0.6 is 0 Å². The zero-order chi connectivity index (χ0) is 24.1. The van der Waals surface area contributed by atoms with Crippen molar-refractivity contribution in [2.24, 2.45) is 0 Å². The van der Waals surface area contributed by atoms with Crippen LogP contribution in [0.1, 0.15) is 59.3 Å². The quantitative estimate of drug-likeness (QED) is 0.139. The van der Waals surface area contributed by atoms with Crippen molar-refractivity contribution in [1.29, 1.82) is 0 Å². The molecule has 3 nitrogen and oxygen atoms in total. The lowest BCUT2D eigenvalue weighted by Crippen LogP contribution is -2.27. The number of allylic oxidation sites excluding steroid dienone is 3. The predicted octanol–water partition coefficient (Wildman–Crippen LogP) is 7.76. The second-order valence-corrected chi connectivity index (χ2v) is 6.28. The second-order valence-electron chi connectivity index (χ2n) is 6.28. The molecule has 180 valence electrons. The van der Waals surface area contributed by atoms with Crippen LogP contribution < -0.4 is 0 Å². The van der Waals surface area contributed by atoms with E-state index in [-0.39, 0.29) is 19.3 Å². The van der Waals surface area contributed by atoms with E-state index >= 15 is 0 Å². The Morgan fingerprint density at radius 2 is 0.774 bits per heavy atom. The first-order valence-electron chi connectivity index (χ1n) is 9.57. The molecular formula is C18H24BF9O3. The fraction of sp³-hybridized carbons (Fsp3) is 0.667. The molecule has 0 spiro atoms. The van der Waals surface area contributed by atoms with Crippen LogP contribution in [0, 0.1) is 0 Å². The van der Waals surface area contributed by atoms with Gasteiger partial charge in [0.15, 0.2) is 18.5 Å². The SMILES string of the molecule is CCCC(F)/C(F)=C(\F)OB(O/C(F)=C(\F)C(F)CCC)O/C(F)=C(\F)C(F)CCC. The first-order valence-corrected chi connectivity index (χ1v) is 9.57. The largest absolute Gasteiger partial charge is 0.869 e. The highest BCUT2D eigenvalue weighted by atomic mass is 19.2. The molecule has 0 aromatic heterocycles. The fourth-order valence-electron chi connectivity index (χ4n) is 2.00. The molecule has 0 radical (unpaired) electrons. The average Bonchev–Trinajstić information content (AvgIpc) is 2.72. The minimum Gasteiger partial charge on any atom is -0.465 e. The highest BCUT2D eigenvalue weighted by Gasteiger charge is 2.39. The number of hydrogen-bond acceptors (Lipinski definition) is 3. The Morgan fingerprint density at radius 1 is 0.548 bits per heavy atom. The standard InChI is InChI=1S/C18H24BF9O3/c1-4-7-10(20)13(23)16(26)29-19(30-17(27)14(24)11(21)8-5-2)31-18(28)15(25)12(22)9-6-3/h10-12H,4-9H2,1-3H3/b16-13-,17-14-,18-15-. The summed E-state index contributed by atoms with van der Waals surface area (Å²) in [6.45, 7) is 4.31. The number of alkyl halides is 3. The molecule has 0 aliphatic heterocycles. The van der Waals surface area contributed by atoms with E-state index in [1.807, 2.05) is 0 Å². The van der Waals surface area contributed by atoms with Gasteiger partial charge in [-0.1, -0.05) is 40.0 Å². The molecule has 0 fully saturated rings. The maximum Gasteiger partial charge on any atom is 0.869 e. The van der Waals surface area contributed by atoms with E-state index in [1.165, 1.54) is 20.8 Å².